The van der Waals surface area contributed by atoms with E-state index in [9.17, 15) is 37.1 Å². The molecule has 2 saturated heterocycles. The zero-order valence-electron chi connectivity index (χ0n) is 29.8. The first-order valence-corrected chi connectivity index (χ1v) is 18.1. The van der Waals surface area contributed by atoms with E-state index in [-0.39, 0.29) is 42.9 Å². The molecule has 0 radical (unpaired) electrons. The highest BCUT2D eigenvalue weighted by Gasteiger charge is 2.35. The Labute approximate surface area is 311 Å². The van der Waals surface area contributed by atoms with Crippen molar-refractivity contribution in [2.45, 2.75) is 56.8 Å². The minimum Gasteiger partial charge on any atom is -0.321 e. The highest BCUT2D eigenvalue weighted by atomic mass is 19.4. The van der Waals surface area contributed by atoms with Crippen LogP contribution in [0, 0.1) is 5.92 Å². The molecule has 0 spiro atoms. The fraction of sp³-hybridized carbons (Fsp3) is 0.405. The number of piperazine rings is 1. The lowest BCUT2D eigenvalue weighted by Gasteiger charge is -2.38. The number of imide groups is 1. The number of nitrogens with one attached hydrogen (secondary N) is 2. The zero-order chi connectivity index (χ0) is 38.6. The molecule has 286 valence electrons. The van der Waals surface area contributed by atoms with Gasteiger partial charge in [-0.05, 0) is 68.4 Å². The van der Waals surface area contributed by atoms with Crippen molar-refractivity contribution in [2.24, 2.45) is 13.0 Å². The highest BCUT2D eigenvalue weighted by Crippen LogP contribution is 2.35. The van der Waals surface area contributed by atoms with Crippen LogP contribution in [0.25, 0.3) is 21.9 Å². The van der Waals surface area contributed by atoms with Crippen molar-refractivity contribution in [1.82, 2.24) is 39.1 Å². The number of rotatable bonds is 7. The van der Waals surface area contributed by atoms with Gasteiger partial charge in [0.15, 0.2) is 5.69 Å². The number of fused-ring (bicyclic) bond motifs is 2. The number of carbonyl (C=O) groups is 4. The van der Waals surface area contributed by atoms with Crippen LogP contribution in [0.1, 0.15) is 66.8 Å². The van der Waals surface area contributed by atoms with E-state index in [1.165, 1.54) is 9.13 Å². The largest absolute Gasteiger partial charge is 0.434 e. The molecule has 4 amide bonds. The molecular weight excluding hydrogens is 721 g/mol. The second-order valence-electron chi connectivity index (χ2n) is 14.4. The Morgan fingerprint density at radius 3 is 2.55 bits per heavy atom. The van der Waals surface area contributed by atoms with Crippen LogP contribution in [-0.4, -0.2) is 83.6 Å². The summed E-state index contributed by atoms with van der Waals surface area (Å²) in [7, 11) is 1.63. The molecule has 3 fully saturated rings. The van der Waals surface area contributed by atoms with E-state index in [0.29, 0.717) is 47.6 Å². The smallest absolute Gasteiger partial charge is 0.321 e. The number of anilines is 2. The van der Waals surface area contributed by atoms with E-state index in [4.69, 9.17) is 5.10 Å². The van der Waals surface area contributed by atoms with Gasteiger partial charge in [-0.25, -0.2) is 9.78 Å². The first-order valence-electron chi connectivity index (χ1n) is 18.1. The first-order chi connectivity index (χ1) is 26.3. The number of carbonyl (C=O) groups excluding carboxylic acids is 4. The molecular formula is C37H37F3N10O5. The summed E-state index contributed by atoms with van der Waals surface area (Å²) in [4.78, 5) is 74.8. The van der Waals surface area contributed by atoms with Crippen LogP contribution in [-0.2, 0) is 27.6 Å². The van der Waals surface area contributed by atoms with Crippen molar-refractivity contribution in [3.63, 3.8) is 0 Å². The molecule has 2 aromatic carbocycles. The van der Waals surface area contributed by atoms with E-state index >= 15 is 0 Å². The number of imidazole rings is 1. The lowest BCUT2D eigenvalue weighted by Crippen LogP contribution is -2.51. The van der Waals surface area contributed by atoms with Gasteiger partial charge in [-0.1, -0.05) is 6.07 Å². The second-order valence-corrected chi connectivity index (χ2v) is 14.4. The minimum absolute atomic E-state index is 0.0739. The number of para-hydroxylation sites is 1. The standard InChI is InChI=1S/C37H37F3N10O5/c1-46-33-27(3-2-4-28(33)50(36(46)55)29-11-12-31(51)44-35(29)54)48-14-13-47(20-32(48)52)18-21-5-8-24(9-6-21)49-19-22-15-23(7-10-25(22)45-49)42-34(53)26-16-41-17-30(43-26)37(38,39)40/h2-4,7,10,15-17,19,21,24,29H,5-6,8-9,11-14,18,20H2,1H3,(H,42,53)(H,44,51,54). The second kappa shape index (κ2) is 14.1. The number of halogens is 3. The Morgan fingerprint density at radius 1 is 1.00 bits per heavy atom. The quantitative estimate of drug-likeness (QED) is 0.235. The van der Waals surface area contributed by atoms with Crippen molar-refractivity contribution in [3.05, 3.63) is 76.9 Å². The van der Waals surface area contributed by atoms with Crippen molar-refractivity contribution in [1.29, 1.82) is 0 Å². The van der Waals surface area contributed by atoms with Gasteiger partial charge in [0.1, 0.15) is 11.7 Å². The summed E-state index contributed by atoms with van der Waals surface area (Å²) >= 11 is 0. The third kappa shape index (κ3) is 6.97. The summed E-state index contributed by atoms with van der Waals surface area (Å²) in [5, 5.41) is 10.4. The molecule has 3 aliphatic rings. The summed E-state index contributed by atoms with van der Waals surface area (Å²) in [6.07, 6.45) is 2.79. The maximum atomic E-state index is 13.6. The van der Waals surface area contributed by atoms with E-state index in [1.807, 2.05) is 16.9 Å². The molecule has 55 heavy (non-hydrogen) atoms. The molecule has 8 rings (SSSR count). The first kappa shape index (κ1) is 36.1. The Kier molecular flexibility index (Phi) is 9.22. The molecule has 15 nitrogen and oxygen atoms in total. The number of hydrogen-bond acceptors (Lipinski definition) is 9. The molecule has 0 bridgehead atoms. The highest BCUT2D eigenvalue weighted by molar-refractivity contribution is 6.05. The van der Waals surface area contributed by atoms with Crippen molar-refractivity contribution < 1.29 is 32.3 Å². The average molecular weight is 759 g/mol. The van der Waals surface area contributed by atoms with Crippen LogP contribution in [0.3, 0.4) is 0 Å². The predicted octanol–water partition coefficient (Wildman–Crippen LogP) is 3.81. The van der Waals surface area contributed by atoms with Gasteiger partial charge in [-0.2, -0.15) is 18.3 Å². The van der Waals surface area contributed by atoms with Crippen molar-refractivity contribution in [3.8, 4) is 0 Å². The summed E-state index contributed by atoms with van der Waals surface area (Å²) in [5.41, 5.74) is 0.743. The Bertz CT molecular complexity index is 2410. The van der Waals surface area contributed by atoms with Gasteiger partial charge in [0.05, 0.1) is 47.2 Å². The number of alkyl halides is 3. The van der Waals surface area contributed by atoms with E-state index in [1.54, 1.807) is 42.3 Å². The Balaban J connectivity index is 0.874. The summed E-state index contributed by atoms with van der Waals surface area (Å²) in [6.45, 7) is 2.12. The molecule has 3 aromatic heterocycles. The van der Waals surface area contributed by atoms with Crippen molar-refractivity contribution >= 4 is 56.9 Å². The van der Waals surface area contributed by atoms with E-state index < -0.39 is 35.4 Å². The molecule has 18 heteroatoms. The fourth-order valence-electron chi connectivity index (χ4n) is 8.07. The summed E-state index contributed by atoms with van der Waals surface area (Å²) in [5.74, 6) is -1.36. The number of piperidine rings is 1. The van der Waals surface area contributed by atoms with Crippen LogP contribution < -0.4 is 21.2 Å². The van der Waals surface area contributed by atoms with Gasteiger partial charge in [0.2, 0.25) is 17.7 Å². The Hall–Kier alpha value is -5.91. The van der Waals surface area contributed by atoms with Gasteiger partial charge in [0.25, 0.3) is 5.91 Å². The lowest BCUT2D eigenvalue weighted by molar-refractivity contribution is -0.141. The zero-order valence-corrected chi connectivity index (χ0v) is 29.8. The maximum Gasteiger partial charge on any atom is 0.434 e. The van der Waals surface area contributed by atoms with E-state index in [2.05, 4.69) is 25.5 Å². The third-order valence-electron chi connectivity index (χ3n) is 10.8. The van der Waals surface area contributed by atoms with Crippen LogP contribution in [0.15, 0.2) is 59.8 Å². The van der Waals surface area contributed by atoms with Crippen LogP contribution in [0.4, 0.5) is 24.5 Å². The van der Waals surface area contributed by atoms with Gasteiger partial charge in [-0.3, -0.25) is 48.2 Å². The third-order valence-corrected chi connectivity index (χ3v) is 10.8. The van der Waals surface area contributed by atoms with Crippen LogP contribution >= 0.6 is 0 Å². The number of nitrogens with zero attached hydrogens (tertiary/aromatic N) is 8. The Morgan fingerprint density at radius 2 is 1.80 bits per heavy atom. The maximum absolute atomic E-state index is 13.6. The fourth-order valence-corrected chi connectivity index (χ4v) is 8.07. The average Bonchev–Trinajstić information content (AvgIpc) is 3.69. The van der Waals surface area contributed by atoms with Gasteiger partial charge >= 0.3 is 11.9 Å². The number of aromatic nitrogens is 6. The topological polar surface area (TPSA) is 169 Å². The molecule has 1 atom stereocenters. The van der Waals surface area contributed by atoms with Gasteiger partial charge in [-0.15, -0.1) is 0 Å². The minimum atomic E-state index is -4.72. The van der Waals surface area contributed by atoms with E-state index in [0.717, 1.165) is 49.3 Å². The molecule has 2 aliphatic heterocycles. The molecule has 5 heterocycles. The van der Waals surface area contributed by atoms with Gasteiger partial charge in [0, 0.05) is 50.4 Å². The molecule has 1 saturated carbocycles. The summed E-state index contributed by atoms with van der Waals surface area (Å²) in [6, 6.07) is 9.80. The number of aryl methyl sites for hydroxylation is 1. The number of benzene rings is 2. The molecule has 1 aliphatic carbocycles. The molecule has 1 unspecified atom stereocenters. The van der Waals surface area contributed by atoms with Crippen LogP contribution in [0.2, 0.25) is 0 Å². The number of hydrogen-bond donors (Lipinski definition) is 2. The van der Waals surface area contributed by atoms with Crippen molar-refractivity contribution in [2.75, 3.05) is 36.4 Å². The van der Waals surface area contributed by atoms with Gasteiger partial charge < -0.3 is 10.2 Å². The monoisotopic (exact) mass is 758 g/mol. The SMILES string of the molecule is Cn1c(=O)n(C2CCC(=O)NC2=O)c2cccc(N3CCN(CC4CCC(n5cc6cc(NC(=O)c7cncc(C(F)(F)F)n7)ccc6n5)CC4)CC3=O)c21. The molecule has 5 aromatic rings. The summed E-state index contributed by atoms with van der Waals surface area (Å²) < 4.78 is 43.9. The lowest BCUT2D eigenvalue weighted by atomic mass is 9.85. The number of amides is 4. The molecule has 2 N–H and O–H groups in total. The normalized spacial score (nSPS) is 21.3. The van der Waals surface area contributed by atoms with Crippen LogP contribution in [0.5, 0.6) is 0 Å². The predicted molar refractivity (Wildman–Crippen MR) is 193 cm³/mol.